The first-order chi connectivity index (χ1) is 10.2. The molecule has 0 aliphatic heterocycles. The number of nitrogens with zero attached hydrogens (tertiary/aromatic N) is 3. The smallest absolute Gasteiger partial charge is 0.408 e. The Bertz CT molecular complexity index is 661. The van der Waals surface area contributed by atoms with E-state index in [1.54, 1.807) is 33.9 Å². The van der Waals surface area contributed by atoms with Crippen LogP contribution >= 0.6 is 0 Å². The van der Waals surface area contributed by atoms with Crippen LogP contribution in [0.15, 0.2) is 22.9 Å². The molecule has 1 amide bonds. The average molecular weight is 304 g/mol. The molecule has 0 aromatic carbocycles. The Morgan fingerprint density at radius 1 is 1.41 bits per heavy atom. The van der Waals surface area contributed by atoms with Crippen molar-refractivity contribution in [1.29, 1.82) is 0 Å². The molecule has 2 rings (SSSR count). The normalized spacial score (nSPS) is 12.8. The molecule has 0 aliphatic carbocycles. The fraction of sp³-hybridized carbons (Fsp3) is 0.467. The van der Waals surface area contributed by atoms with Gasteiger partial charge in [-0.2, -0.15) is 4.98 Å². The molecule has 0 saturated heterocycles. The third kappa shape index (κ3) is 4.28. The number of pyridine rings is 1. The predicted molar refractivity (Wildman–Crippen MR) is 80.1 cm³/mol. The summed E-state index contributed by atoms with van der Waals surface area (Å²) in [5.74, 6) is 0.681. The summed E-state index contributed by atoms with van der Waals surface area (Å²) >= 11 is 0. The van der Waals surface area contributed by atoms with Gasteiger partial charge >= 0.3 is 6.09 Å². The zero-order chi connectivity index (χ0) is 16.3. The van der Waals surface area contributed by atoms with E-state index in [4.69, 9.17) is 9.26 Å². The van der Waals surface area contributed by atoms with Gasteiger partial charge in [0, 0.05) is 6.20 Å². The number of carbonyl (C=O) groups excluding carboxylic acids is 1. The third-order valence-corrected chi connectivity index (χ3v) is 2.69. The number of alkyl carbamates (subject to hydrolysis) is 1. The minimum Gasteiger partial charge on any atom is -0.444 e. The van der Waals surface area contributed by atoms with Gasteiger partial charge in [-0.15, -0.1) is 0 Å². The molecule has 7 heteroatoms. The van der Waals surface area contributed by atoms with Gasteiger partial charge in [-0.25, -0.2) is 4.79 Å². The van der Waals surface area contributed by atoms with E-state index in [1.807, 2.05) is 19.1 Å². The third-order valence-electron chi connectivity index (χ3n) is 2.69. The lowest BCUT2D eigenvalue weighted by atomic mass is 10.2. The summed E-state index contributed by atoms with van der Waals surface area (Å²) in [6.45, 7) is 9.09. The lowest BCUT2D eigenvalue weighted by Gasteiger charge is -2.20. The SMILES string of the molecule is Cc1ccnc(-c2noc([C@H](C)NC(=O)OC(C)(C)C)n2)c1. The first-order valence-corrected chi connectivity index (χ1v) is 7.01. The Morgan fingerprint density at radius 2 is 2.14 bits per heavy atom. The zero-order valence-electron chi connectivity index (χ0n) is 13.4. The molecule has 118 valence electrons. The van der Waals surface area contributed by atoms with Crippen molar-refractivity contribution in [3.63, 3.8) is 0 Å². The lowest BCUT2D eigenvalue weighted by Crippen LogP contribution is -2.34. The number of aryl methyl sites for hydroxylation is 1. The van der Waals surface area contributed by atoms with E-state index >= 15 is 0 Å². The molecule has 1 atom stereocenters. The summed E-state index contributed by atoms with van der Waals surface area (Å²) < 4.78 is 10.4. The molecule has 0 aliphatic rings. The number of rotatable bonds is 3. The van der Waals surface area contributed by atoms with Gasteiger partial charge in [0.15, 0.2) is 0 Å². The van der Waals surface area contributed by atoms with Gasteiger partial charge < -0.3 is 14.6 Å². The summed E-state index contributed by atoms with van der Waals surface area (Å²) in [4.78, 5) is 20.2. The maximum absolute atomic E-state index is 11.7. The minimum absolute atomic E-state index is 0.296. The van der Waals surface area contributed by atoms with Crippen molar-refractivity contribution in [2.24, 2.45) is 0 Å². The highest BCUT2D eigenvalue weighted by molar-refractivity contribution is 5.68. The van der Waals surface area contributed by atoms with Crippen LogP contribution in [0.25, 0.3) is 11.5 Å². The Balaban J connectivity index is 2.06. The fourth-order valence-corrected chi connectivity index (χ4v) is 1.72. The fourth-order valence-electron chi connectivity index (χ4n) is 1.72. The van der Waals surface area contributed by atoms with Crippen LogP contribution in [0.4, 0.5) is 4.79 Å². The molecule has 0 radical (unpaired) electrons. The van der Waals surface area contributed by atoms with Gasteiger partial charge in [-0.1, -0.05) is 5.16 Å². The molecule has 2 aromatic heterocycles. The zero-order valence-corrected chi connectivity index (χ0v) is 13.4. The number of hydrogen-bond acceptors (Lipinski definition) is 6. The van der Waals surface area contributed by atoms with Crippen molar-refractivity contribution in [3.05, 3.63) is 29.8 Å². The molecular weight excluding hydrogens is 284 g/mol. The molecule has 0 fully saturated rings. The van der Waals surface area contributed by atoms with E-state index in [2.05, 4.69) is 20.4 Å². The molecule has 2 heterocycles. The number of hydrogen-bond donors (Lipinski definition) is 1. The molecule has 0 bridgehead atoms. The second kappa shape index (κ2) is 6.13. The van der Waals surface area contributed by atoms with Crippen molar-refractivity contribution in [3.8, 4) is 11.5 Å². The number of nitrogens with one attached hydrogen (secondary N) is 1. The second-order valence-electron chi connectivity index (χ2n) is 6.04. The number of amides is 1. The van der Waals surface area contributed by atoms with E-state index in [1.165, 1.54) is 0 Å². The van der Waals surface area contributed by atoms with Crippen molar-refractivity contribution in [2.75, 3.05) is 0 Å². The van der Waals surface area contributed by atoms with Gasteiger partial charge in [0.2, 0.25) is 11.7 Å². The highest BCUT2D eigenvalue weighted by atomic mass is 16.6. The summed E-state index contributed by atoms with van der Waals surface area (Å²) in [7, 11) is 0. The van der Waals surface area contributed by atoms with E-state index in [0.29, 0.717) is 17.4 Å². The molecule has 2 aromatic rings. The summed E-state index contributed by atoms with van der Waals surface area (Å²) in [5.41, 5.74) is 1.12. The lowest BCUT2D eigenvalue weighted by molar-refractivity contribution is 0.0499. The Labute approximate surface area is 129 Å². The standard InChI is InChI=1S/C15H20N4O3/c1-9-6-7-16-11(8-9)12-18-13(22-19-12)10(2)17-14(20)21-15(3,4)5/h6-8,10H,1-5H3,(H,17,20)/t10-/m0/s1. The molecule has 0 unspecified atom stereocenters. The molecular formula is C15H20N4O3. The summed E-state index contributed by atoms with van der Waals surface area (Å²) in [6, 6.07) is 3.29. The number of aromatic nitrogens is 3. The van der Waals surface area contributed by atoms with Gasteiger partial charge in [-0.05, 0) is 52.3 Å². The van der Waals surface area contributed by atoms with Crippen LogP contribution in [0.2, 0.25) is 0 Å². The van der Waals surface area contributed by atoms with Crippen LogP contribution in [-0.2, 0) is 4.74 Å². The van der Waals surface area contributed by atoms with Crippen LogP contribution < -0.4 is 5.32 Å². The highest BCUT2D eigenvalue weighted by Gasteiger charge is 2.21. The monoisotopic (exact) mass is 304 g/mol. The van der Waals surface area contributed by atoms with E-state index in [0.717, 1.165) is 5.56 Å². The molecule has 0 spiro atoms. The van der Waals surface area contributed by atoms with Crippen LogP contribution in [0.1, 0.15) is 45.2 Å². The quantitative estimate of drug-likeness (QED) is 0.937. The van der Waals surface area contributed by atoms with E-state index < -0.39 is 17.7 Å². The largest absolute Gasteiger partial charge is 0.444 e. The highest BCUT2D eigenvalue weighted by Crippen LogP contribution is 2.18. The topological polar surface area (TPSA) is 90.1 Å². The van der Waals surface area contributed by atoms with E-state index in [9.17, 15) is 4.79 Å². The van der Waals surface area contributed by atoms with Crippen molar-refractivity contribution in [2.45, 2.75) is 46.3 Å². The second-order valence-corrected chi connectivity index (χ2v) is 6.04. The Kier molecular flexibility index (Phi) is 4.44. The first-order valence-electron chi connectivity index (χ1n) is 7.01. The Morgan fingerprint density at radius 3 is 2.77 bits per heavy atom. The first kappa shape index (κ1) is 15.9. The predicted octanol–water partition coefficient (Wildman–Crippen LogP) is 3.03. The van der Waals surface area contributed by atoms with Gasteiger partial charge in [-0.3, -0.25) is 4.98 Å². The van der Waals surface area contributed by atoms with Crippen LogP contribution in [-0.4, -0.2) is 26.8 Å². The Hall–Kier alpha value is -2.44. The minimum atomic E-state index is -0.560. The average Bonchev–Trinajstić information content (AvgIpc) is 2.85. The van der Waals surface area contributed by atoms with Crippen LogP contribution in [0, 0.1) is 6.92 Å². The molecule has 22 heavy (non-hydrogen) atoms. The maximum atomic E-state index is 11.7. The summed E-state index contributed by atoms with van der Waals surface area (Å²) in [5, 5.41) is 6.54. The van der Waals surface area contributed by atoms with E-state index in [-0.39, 0.29) is 0 Å². The molecule has 1 N–H and O–H groups in total. The summed E-state index contributed by atoms with van der Waals surface area (Å²) in [6.07, 6.45) is 1.15. The van der Waals surface area contributed by atoms with Crippen LogP contribution in [0.5, 0.6) is 0 Å². The van der Waals surface area contributed by atoms with Crippen molar-refractivity contribution in [1.82, 2.24) is 20.4 Å². The maximum Gasteiger partial charge on any atom is 0.408 e. The van der Waals surface area contributed by atoms with Crippen molar-refractivity contribution >= 4 is 6.09 Å². The van der Waals surface area contributed by atoms with Crippen molar-refractivity contribution < 1.29 is 14.1 Å². The molecule has 7 nitrogen and oxygen atoms in total. The number of ether oxygens (including phenoxy) is 1. The number of carbonyl (C=O) groups is 1. The van der Waals surface area contributed by atoms with Gasteiger partial charge in [0.05, 0.1) is 0 Å². The molecule has 0 saturated carbocycles. The van der Waals surface area contributed by atoms with Crippen LogP contribution in [0.3, 0.4) is 0 Å². The van der Waals surface area contributed by atoms with Gasteiger partial charge in [0.25, 0.3) is 0 Å². The van der Waals surface area contributed by atoms with Gasteiger partial charge in [0.1, 0.15) is 17.3 Å².